The summed E-state index contributed by atoms with van der Waals surface area (Å²) in [6.07, 6.45) is 7.30. The Balaban J connectivity index is 1.91. The van der Waals surface area contributed by atoms with Crippen LogP contribution in [-0.2, 0) is 11.2 Å². The molecule has 0 aromatic heterocycles. The van der Waals surface area contributed by atoms with Crippen molar-refractivity contribution in [2.45, 2.75) is 63.3 Å². The molecule has 1 atom stereocenters. The lowest BCUT2D eigenvalue weighted by Crippen LogP contribution is -2.54. The summed E-state index contributed by atoms with van der Waals surface area (Å²) in [6.45, 7) is 2.19. The van der Waals surface area contributed by atoms with E-state index in [9.17, 15) is 9.18 Å². The van der Waals surface area contributed by atoms with Crippen LogP contribution in [0, 0.1) is 5.82 Å². The predicted molar refractivity (Wildman–Crippen MR) is 76.4 cm³/mol. The molecular formula is C17H20FNO. The summed E-state index contributed by atoms with van der Waals surface area (Å²) < 4.78 is 13.8. The molecule has 2 heterocycles. The monoisotopic (exact) mass is 273 g/mol. The van der Waals surface area contributed by atoms with Gasteiger partial charge in [-0.2, -0.15) is 0 Å². The largest absolute Gasteiger partial charge is 0.305 e. The van der Waals surface area contributed by atoms with E-state index in [0.717, 1.165) is 36.1 Å². The summed E-state index contributed by atoms with van der Waals surface area (Å²) in [5, 5.41) is 0. The third kappa shape index (κ3) is 1.52. The summed E-state index contributed by atoms with van der Waals surface area (Å²) in [7, 11) is 0. The molecule has 106 valence electrons. The minimum Gasteiger partial charge on any atom is -0.305 e. The van der Waals surface area contributed by atoms with Crippen LogP contribution < -0.4 is 4.90 Å². The Morgan fingerprint density at radius 3 is 2.75 bits per heavy atom. The van der Waals surface area contributed by atoms with Crippen molar-refractivity contribution in [3.8, 4) is 0 Å². The minimum atomic E-state index is -0.195. The molecule has 2 aliphatic heterocycles. The molecule has 3 aliphatic rings. The van der Waals surface area contributed by atoms with Crippen LogP contribution in [0.15, 0.2) is 12.1 Å². The lowest BCUT2D eigenvalue weighted by Gasteiger charge is -2.50. The van der Waals surface area contributed by atoms with Gasteiger partial charge in [0.05, 0.1) is 12.1 Å². The van der Waals surface area contributed by atoms with Crippen LogP contribution in [0.5, 0.6) is 0 Å². The number of hydrogen-bond acceptors (Lipinski definition) is 1. The van der Waals surface area contributed by atoms with Crippen LogP contribution in [0.25, 0.3) is 0 Å². The minimum absolute atomic E-state index is 0.0187. The number of rotatable bonds is 0. The fourth-order valence-corrected chi connectivity index (χ4v) is 4.74. The average Bonchev–Trinajstić information content (AvgIpc) is 2.74. The molecule has 2 nitrogen and oxygen atoms in total. The maximum Gasteiger partial charge on any atom is 0.232 e. The van der Waals surface area contributed by atoms with Crippen molar-refractivity contribution in [3.63, 3.8) is 0 Å². The standard InChI is InChI=1S/C17H20FNO/c1-11-10-17(5-3-2-4-6-17)19-15(20)8-12-7-13(18)9-14(11)16(12)19/h7,9,11H,2-6,8,10H2,1H3. The van der Waals surface area contributed by atoms with Crippen molar-refractivity contribution in [3.05, 3.63) is 29.1 Å². The van der Waals surface area contributed by atoms with Gasteiger partial charge in [0.15, 0.2) is 0 Å². The zero-order valence-corrected chi connectivity index (χ0v) is 11.9. The maximum atomic E-state index is 13.8. The second-order valence-corrected chi connectivity index (χ2v) is 6.80. The van der Waals surface area contributed by atoms with Crippen molar-refractivity contribution < 1.29 is 9.18 Å². The van der Waals surface area contributed by atoms with E-state index >= 15 is 0 Å². The zero-order chi connectivity index (χ0) is 13.9. The first-order valence-electron chi connectivity index (χ1n) is 7.76. The molecule has 1 aliphatic carbocycles. The molecule has 0 bridgehead atoms. The Morgan fingerprint density at radius 1 is 1.25 bits per heavy atom. The van der Waals surface area contributed by atoms with Crippen LogP contribution in [0.4, 0.5) is 10.1 Å². The van der Waals surface area contributed by atoms with Crippen molar-refractivity contribution >= 4 is 11.6 Å². The molecular weight excluding hydrogens is 253 g/mol. The number of fused-ring (bicyclic) bond motifs is 1. The molecule has 0 radical (unpaired) electrons. The van der Waals surface area contributed by atoms with Crippen molar-refractivity contribution in [2.75, 3.05) is 4.90 Å². The van der Waals surface area contributed by atoms with E-state index in [-0.39, 0.29) is 17.3 Å². The van der Waals surface area contributed by atoms with E-state index in [0.29, 0.717) is 12.3 Å². The lowest BCUT2D eigenvalue weighted by atomic mass is 9.70. The van der Waals surface area contributed by atoms with Crippen molar-refractivity contribution in [2.24, 2.45) is 0 Å². The molecule has 1 aromatic carbocycles. The summed E-state index contributed by atoms with van der Waals surface area (Å²) in [4.78, 5) is 14.6. The van der Waals surface area contributed by atoms with Crippen LogP contribution in [0.1, 0.15) is 62.5 Å². The lowest BCUT2D eigenvalue weighted by molar-refractivity contribution is -0.119. The second-order valence-electron chi connectivity index (χ2n) is 6.80. The van der Waals surface area contributed by atoms with Gasteiger partial charge in [-0.15, -0.1) is 0 Å². The molecule has 3 heteroatoms. The number of carbonyl (C=O) groups is 1. The van der Waals surface area contributed by atoms with Gasteiger partial charge in [0.25, 0.3) is 0 Å². The Kier molecular flexibility index (Phi) is 2.51. The molecule has 1 amide bonds. The Hall–Kier alpha value is -1.38. The van der Waals surface area contributed by atoms with Crippen LogP contribution >= 0.6 is 0 Å². The Labute approximate surface area is 119 Å². The van der Waals surface area contributed by atoms with Gasteiger partial charge in [0.1, 0.15) is 5.82 Å². The molecule has 0 saturated heterocycles. The number of nitrogens with zero attached hydrogens (tertiary/aromatic N) is 1. The van der Waals surface area contributed by atoms with Gasteiger partial charge in [-0.3, -0.25) is 4.79 Å². The highest BCUT2D eigenvalue weighted by Gasteiger charge is 2.50. The fourth-order valence-electron chi connectivity index (χ4n) is 4.74. The Morgan fingerprint density at radius 2 is 2.00 bits per heavy atom. The Bertz CT molecular complexity index is 589. The van der Waals surface area contributed by atoms with Gasteiger partial charge < -0.3 is 4.90 Å². The first-order chi connectivity index (χ1) is 9.61. The molecule has 0 N–H and O–H groups in total. The number of hydrogen-bond donors (Lipinski definition) is 0. The molecule has 1 aromatic rings. The maximum absolute atomic E-state index is 13.8. The van der Waals surface area contributed by atoms with Crippen LogP contribution in [-0.4, -0.2) is 11.4 Å². The number of halogens is 1. The third-order valence-corrected chi connectivity index (χ3v) is 5.47. The van der Waals surface area contributed by atoms with E-state index in [1.54, 1.807) is 12.1 Å². The fraction of sp³-hybridized carbons (Fsp3) is 0.588. The molecule has 1 unspecified atom stereocenters. The van der Waals surface area contributed by atoms with E-state index in [1.807, 2.05) is 0 Å². The molecule has 1 saturated carbocycles. The van der Waals surface area contributed by atoms with Crippen LogP contribution in [0.2, 0.25) is 0 Å². The SMILES string of the molecule is CC1CC2(CCCCC2)N2C(=O)Cc3cc(F)cc1c32. The van der Waals surface area contributed by atoms with E-state index in [2.05, 4.69) is 11.8 Å². The van der Waals surface area contributed by atoms with Gasteiger partial charge in [0.2, 0.25) is 5.91 Å². The van der Waals surface area contributed by atoms with Crippen molar-refractivity contribution in [1.29, 1.82) is 0 Å². The topological polar surface area (TPSA) is 20.3 Å². The van der Waals surface area contributed by atoms with Gasteiger partial charge in [0, 0.05) is 5.54 Å². The predicted octanol–water partition coefficient (Wildman–Crippen LogP) is 3.92. The molecule has 4 rings (SSSR count). The van der Waals surface area contributed by atoms with Gasteiger partial charge in [-0.25, -0.2) is 4.39 Å². The molecule has 1 fully saturated rings. The second kappa shape index (κ2) is 4.06. The third-order valence-electron chi connectivity index (χ3n) is 5.47. The highest BCUT2D eigenvalue weighted by molar-refractivity contribution is 6.04. The smallest absolute Gasteiger partial charge is 0.232 e. The summed E-state index contributed by atoms with van der Waals surface area (Å²) in [5.41, 5.74) is 3.02. The average molecular weight is 273 g/mol. The summed E-state index contributed by atoms with van der Waals surface area (Å²) in [5.74, 6) is 0.334. The first-order valence-corrected chi connectivity index (χ1v) is 7.76. The van der Waals surface area contributed by atoms with E-state index in [4.69, 9.17) is 0 Å². The van der Waals surface area contributed by atoms with Gasteiger partial charge >= 0.3 is 0 Å². The van der Waals surface area contributed by atoms with E-state index in [1.165, 1.54) is 19.3 Å². The first kappa shape index (κ1) is 12.4. The highest BCUT2D eigenvalue weighted by atomic mass is 19.1. The molecule has 1 spiro atoms. The number of amides is 1. The van der Waals surface area contributed by atoms with Gasteiger partial charge in [-0.05, 0) is 48.4 Å². The van der Waals surface area contributed by atoms with Gasteiger partial charge in [-0.1, -0.05) is 26.2 Å². The quantitative estimate of drug-likeness (QED) is 0.701. The highest BCUT2D eigenvalue weighted by Crippen LogP contribution is 2.53. The van der Waals surface area contributed by atoms with Crippen molar-refractivity contribution in [1.82, 2.24) is 0 Å². The van der Waals surface area contributed by atoms with Crippen LogP contribution in [0.3, 0.4) is 0 Å². The van der Waals surface area contributed by atoms with E-state index < -0.39 is 0 Å². The number of benzene rings is 1. The summed E-state index contributed by atoms with van der Waals surface area (Å²) >= 11 is 0. The summed E-state index contributed by atoms with van der Waals surface area (Å²) in [6, 6.07) is 3.20. The number of carbonyl (C=O) groups excluding carboxylic acids is 1. The zero-order valence-electron chi connectivity index (χ0n) is 11.9. The molecule has 20 heavy (non-hydrogen) atoms. The number of anilines is 1. The normalized spacial score (nSPS) is 27.0.